The van der Waals surface area contributed by atoms with Crippen LogP contribution in [0.15, 0.2) is 36.5 Å². The van der Waals surface area contributed by atoms with Gasteiger partial charge in [-0.25, -0.2) is 0 Å². The van der Waals surface area contributed by atoms with Gasteiger partial charge < -0.3 is 9.80 Å². The van der Waals surface area contributed by atoms with Crippen LogP contribution in [0.2, 0.25) is 0 Å². The minimum absolute atomic E-state index is 0.0178. The van der Waals surface area contributed by atoms with Crippen molar-refractivity contribution in [1.82, 2.24) is 20.0 Å². The second-order valence-corrected chi connectivity index (χ2v) is 7.22. The molecule has 5 rings (SSSR count). The summed E-state index contributed by atoms with van der Waals surface area (Å²) in [5.41, 5.74) is 2.60. The average molecular weight is 352 g/mol. The molecule has 4 heterocycles. The molecule has 136 valence electrons. The predicted molar refractivity (Wildman–Crippen MR) is 98.4 cm³/mol. The van der Waals surface area contributed by atoms with Crippen molar-refractivity contribution in [3.05, 3.63) is 42.1 Å². The predicted octanol–water partition coefficient (Wildman–Crippen LogP) is 2.55. The summed E-state index contributed by atoms with van der Waals surface area (Å²) in [6, 6.07) is 9.64. The normalized spacial score (nSPS) is 22.6. The molecule has 0 aliphatic carbocycles. The Bertz CT molecular complexity index is 785. The molecular formula is C20H24N4O2. The van der Waals surface area contributed by atoms with Crippen molar-refractivity contribution in [2.75, 3.05) is 19.6 Å². The van der Waals surface area contributed by atoms with Gasteiger partial charge in [0.1, 0.15) is 0 Å². The maximum Gasteiger partial charge on any atom is 0.253 e. The Morgan fingerprint density at radius 2 is 2.00 bits per heavy atom. The van der Waals surface area contributed by atoms with Gasteiger partial charge in [0.05, 0.1) is 11.6 Å². The number of nitrogens with one attached hydrogen (secondary N) is 1. The number of amides is 2. The number of fused-ring (bicyclic) bond motifs is 4. The van der Waals surface area contributed by atoms with Gasteiger partial charge in [-0.05, 0) is 43.0 Å². The summed E-state index contributed by atoms with van der Waals surface area (Å²) in [4.78, 5) is 29.6. The first kappa shape index (κ1) is 16.8. The van der Waals surface area contributed by atoms with Gasteiger partial charge in [-0.2, -0.15) is 5.10 Å². The van der Waals surface area contributed by atoms with Crippen molar-refractivity contribution in [3.8, 4) is 11.3 Å². The highest BCUT2D eigenvalue weighted by atomic mass is 16.2. The zero-order valence-corrected chi connectivity index (χ0v) is 15.0. The molecule has 6 heteroatoms. The molecule has 1 aromatic heterocycles. The number of aromatic nitrogens is 2. The van der Waals surface area contributed by atoms with Crippen molar-refractivity contribution < 1.29 is 9.59 Å². The first-order chi connectivity index (χ1) is 12.7. The van der Waals surface area contributed by atoms with E-state index in [1.165, 1.54) is 0 Å². The molecule has 2 amide bonds. The van der Waals surface area contributed by atoms with Crippen LogP contribution in [0.25, 0.3) is 11.3 Å². The molecule has 3 aliphatic heterocycles. The highest BCUT2D eigenvalue weighted by Crippen LogP contribution is 2.30. The standard InChI is InChI=1S/C20H24N4O2/c1-2-11-24-17-8-7-16(20(24)26)12-23(13-17)19(25)15-5-3-14(4-6-15)18-9-10-21-22-18/h3-6,9-10,16-17H,2,7-8,11-13H2,1H3,(H,21,22)/t16-,17+/m1/s1. The summed E-state index contributed by atoms with van der Waals surface area (Å²) in [5, 5.41) is 6.88. The molecule has 1 N–H and O–H groups in total. The monoisotopic (exact) mass is 352 g/mol. The molecule has 3 aliphatic rings. The minimum Gasteiger partial charge on any atom is -0.338 e. The summed E-state index contributed by atoms with van der Waals surface area (Å²) < 4.78 is 0. The number of rotatable bonds is 4. The Balaban J connectivity index is 1.52. The van der Waals surface area contributed by atoms with E-state index in [9.17, 15) is 9.59 Å². The molecule has 0 spiro atoms. The first-order valence-electron chi connectivity index (χ1n) is 9.37. The lowest BCUT2D eigenvalue weighted by Gasteiger charge is -2.35. The van der Waals surface area contributed by atoms with E-state index >= 15 is 0 Å². The van der Waals surface area contributed by atoms with Crippen LogP contribution in [0.4, 0.5) is 0 Å². The molecule has 0 saturated carbocycles. The maximum atomic E-state index is 13.0. The topological polar surface area (TPSA) is 69.3 Å². The molecule has 2 bridgehead atoms. The maximum absolute atomic E-state index is 13.0. The highest BCUT2D eigenvalue weighted by Gasteiger charge is 2.41. The summed E-state index contributed by atoms with van der Waals surface area (Å²) in [6.45, 7) is 4.07. The SMILES string of the molecule is CCCN1C(=O)[C@@H]2CC[C@H]1CN(C(=O)c1ccc(-c3ccn[nH]3)cc1)C2. The van der Waals surface area contributed by atoms with Gasteiger partial charge in [0, 0.05) is 37.4 Å². The van der Waals surface area contributed by atoms with Gasteiger partial charge in [-0.1, -0.05) is 19.1 Å². The fourth-order valence-corrected chi connectivity index (χ4v) is 4.13. The molecule has 3 fully saturated rings. The van der Waals surface area contributed by atoms with E-state index in [0.717, 1.165) is 37.1 Å². The second-order valence-electron chi connectivity index (χ2n) is 7.22. The van der Waals surface area contributed by atoms with Gasteiger partial charge in [-0.15, -0.1) is 0 Å². The molecule has 3 saturated heterocycles. The molecule has 1 aromatic carbocycles. The third-order valence-electron chi connectivity index (χ3n) is 5.49. The average Bonchev–Trinajstić information content (AvgIpc) is 3.07. The Morgan fingerprint density at radius 1 is 1.19 bits per heavy atom. The van der Waals surface area contributed by atoms with Crippen LogP contribution in [-0.4, -0.2) is 57.5 Å². The number of H-pyrrole nitrogens is 1. The lowest BCUT2D eigenvalue weighted by molar-refractivity contribution is -0.139. The number of hydrogen-bond donors (Lipinski definition) is 1. The number of aromatic amines is 1. The van der Waals surface area contributed by atoms with E-state index in [4.69, 9.17) is 0 Å². The van der Waals surface area contributed by atoms with Gasteiger partial charge in [0.2, 0.25) is 5.91 Å². The Morgan fingerprint density at radius 3 is 2.69 bits per heavy atom. The van der Waals surface area contributed by atoms with Crippen molar-refractivity contribution >= 4 is 11.8 Å². The highest BCUT2D eigenvalue weighted by molar-refractivity contribution is 5.95. The van der Waals surface area contributed by atoms with Crippen LogP contribution in [0, 0.1) is 5.92 Å². The van der Waals surface area contributed by atoms with Crippen molar-refractivity contribution in [3.63, 3.8) is 0 Å². The van der Waals surface area contributed by atoms with E-state index in [-0.39, 0.29) is 23.8 Å². The van der Waals surface area contributed by atoms with E-state index in [1.54, 1.807) is 6.20 Å². The van der Waals surface area contributed by atoms with Gasteiger partial charge in [0.15, 0.2) is 0 Å². The quantitative estimate of drug-likeness (QED) is 0.919. The zero-order valence-electron chi connectivity index (χ0n) is 15.0. The van der Waals surface area contributed by atoms with E-state index in [1.807, 2.05) is 40.1 Å². The molecule has 0 unspecified atom stereocenters. The van der Waals surface area contributed by atoms with Gasteiger partial charge in [-0.3, -0.25) is 14.7 Å². The molecule has 0 radical (unpaired) electrons. The fraction of sp³-hybridized carbons (Fsp3) is 0.450. The number of hydrogen-bond acceptors (Lipinski definition) is 3. The lowest BCUT2D eigenvalue weighted by Crippen LogP contribution is -2.48. The van der Waals surface area contributed by atoms with Gasteiger partial charge >= 0.3 is 0 Å². The largest absolute Gasteiger partial charge is 0.338 e. The van der Waals surface area contributed by atoms with Crippen LogP contribution in [0.1, 0.15) is 36.5 Å². The van der Waals surface area contributed by atoms with Crippen molar-refractivity contribution in [1.29, 1.82) is 0 Å². The summed E-state index contributed by atoms with van der Waals surface area (Å²) in [6.07, 6.45) is 4.56. The van der Waals surface area contributed by atoms with E-state index in [0.29, 0.717) is 18.7 Å². The minimum atomic E-state index is -0.0477. The lowest BCUT2D eigenvalue weighted by atomic mass is 9.94. The van der Waals surface area contributed by atoms with E-state index in [2.05, 4.69) is 17.1 Å². The number of piperidine rings is 1. The summed E-state index contributed by atoms with van der Waals surface area (Å²) >= 11 is 0. The molecular weight excluding hydrogens is 328 g/mol. The van der Waals surface area contributed by atoms with Crippen molar-refractivity contribution in [2.45, 2.75) is 32.2 Å². The second kappa shape index (κ2) is 6.94. The number of carbonyl (C=O) groups excluding carboxylic acids is 2. The molecule has 2 atom stereocenters. The molecule has 2 aromatic rings. The Labute approximate surface area is 153 Å². The van der Waals surface area contributed by atoms with Crippen LogP contribution in [-0.2, 0) is 4.79 Å². The van der Waals surface area contributed by atoms with Crippen LogP contribution < -0.4 is 0 Å². The Hall–Kier alpha value is -2.63. The number of carbonyl (C=O) groups is 2. The van der Waals surface area contributed by atoms with Crippen molar-refractivity contribution in [2.24, 2.45) is 5.92 Å². The smallest absolute Gasteiger partial charge is 0.253 e. The number of benzene rings is 1. The van der Waals surface area contributed by atoms with Crippen LogP contribution in [0.5, 0.6) is 0 Å². The third kappa shape index (κ3) is 3.00. The summed E-state index contributed by atoms with van der Waals surface area (Å²) in [5.74, 6) is 0.200. The fourth-order valence-electron chi connectivity index (χ4n) is 4.13. The van der Waals surface area contributed by atoms with Crippen LogP contribution >= 0.6 is 0 Å². The van der Waals surface area contributed by atoms with Crippen LogP contribution in [0.3, 0.4) is 0 Å². The first-order valence-corrected chi connectivity index (χ1v) is 9.37. The molecule has 6 nitrogen and oxygen atoms in total. The molecule has 26 heavy (non-hydrogen) atoms. The van der Waals surface area contributed by atoms with E-state index < -0.39 is 0 Å². The number of nitrogens with zero attached hydrogens (tertiary/aromatic N) is 3. The van der Waals surface area contributed by atoms with Gasteiger partial charge in [0.25, 0.3) is 5.91 Å². The Kier molecular flexibility index (Phi) is 4.49. The zero-order chi connectivity index (χ0) is 18.1. The third-order valence-corrected chi connectivity index (χ3v) is 5.49. The summed E-state index contributed by atoms with van der Waals surface area (Å²) in [7, 11) is 0.